The Balaban J connectivity index is 1.22. The molecule has 0 unspecified atom stereocenters. The van der Waals surface area contributed by atoms with Crippen LogP contribution in [-0.2, 0) is 0 Å². The number of hydrogen-bond acceptors (Lipinski definition) is 6. The van der Waals surface area contributed by atoms with E-state index in [9.17, 15) is 19.7 Å². The van der Waals surface area contributed by atoms with Gasteiger partial charge in [0.15, 0.2) is 0 Å². The minimum absolute atomic E-state index is 0.0290. The van der Waals surface area contributed by atoms with Crippen molar-refractivity contribution in [3.8, 4) is 0 Å². The molecule has 2 aromatic rings. The number of benzene rings is 1. The Morgan fingerprint density at radius 3 is 2.05 bits per heavy atom. The van der Waals surface area contributed by atoms with Gasteiger partial charge >= 0.3 is 0 Å². The molecule has 3 fully saturated rings. The average molecular weight is 520 g/mol. The number of non-ortho nitro benzene ring substituents is 1. The maximum Gasteiger partial charge on any atom is 0.269 e. The molecular formula is C29H37N5O4. The molecule has 38 heavy (non-hydrogen) atoms. The van der Waals surface area contributed by atoms with E-state index in [1.54, 1.807) is 4.90 Å². The van der Waals surface area contributed by atoms with Crippen molar-refractivity contribution in [1.82, 2.24) is 19.7 Å². The van der Waals surface area contributed by atoms with E-state index in [1.165, 1.54) is 56.6 Å². The van der Waals surface area contributed by atoms with Crippen molar-refractivity contribution < 1.29 is 14.5 Å². The molecule has 0 bridgehead atoms. The first-order chi connectivity index (χ1) is 18.4. The minimum atomic E-state index is -0.468. The summed E-state index contributed by atoms with van der Waals surface area (Å²) >= 11 is 0. The molecule has 3 aliphatic rings. The number of hydrogen-bond donors (Lipinski definition) is 0. The number of rotatable bonds is 5. The molecule has 9 nitrogen and oxygen atoms in total. The van der Waals surface area contributed by atoms with E-state index in [0.29, 0.717) is 30.3 Å². The van der Waals surface area contributed by atoms with Gasteiger partial charge in [0.2, 0.25) is 0 Å². The lowest BCUT2D eigenvalue weighted by atomic mass is 9.89. The SMILES string of the molecule is Cc1ccc(C(=O)N2CCC(N3CCCCC3)CC2)c(C2CCN(C(=O)c3ccc([N+](=O)[O-])cc3)CC2)n1. The summed E-state index contributed by atoms with van der Waals surface area (Å²) in [6.07, 6.45) is 7.43. The second-order valence-electron chi connectivity index (χ2n) is 10.9. The number of nitrogens with zero attached hydrogens (tertiary/aromatic N) is 5. The highest BCUT2D eigenvalue weighted by Gasteiger charge is 2.32. The van der Waals surface area contributed by atoms with Crippen LogP contribution >= 0.6 is 0 Å². The summed E-state index contributed by atoms with van der Waals surface area (Å²) in [6.45, 7) is 7.03. The molecule has 202 valence electrons. The van der Waals surface area contributed by atoms with Crippen LogP contribution in [0.15, 0.2) is 36.4 Å². The molecule has 0 aliphatic carbocycles. The average Bonchev–Trinajstić information content (AvgIpc) is 2.97. The van der Waals surface area contributed by atoms with E-state index >= 15 is 0 Å². The first-order valence-electron chi connectivity index (χ1n) is 14.0. The van der Waals surface area contributed by atoms with Crippen molar-refractivity contribution in [2.45, 2.75) is 63.8 Å². The van der Waals surface area contributed by atoms with Crippen LogP contribution < -0.4 is 0 Å². The highest BCUT2D eigenvalue weighted by atomic mass is 16.6. The fraction of sp³-hybridized carbons (Fsp3) is 0.552. The van der Waals surface area contributed by atoms with Crippen LogP contribution in [0.1, 0.15) is 83.0 Å². The zero-order valence-electron chi connectivity index (χ0n) is 22.2. The molecule has 5 rings (SSSR count). The number of pyridine rings is 1. The van der Waals surface area contributed by atoms with E-state index in [4.69, 9.17) is 4.98 Å². The number of nitro benzene ring substituents is 1. The third-order valence-corrected chi connectivity index (χ3v) is 8.45. The molecule has 3 saturated heterocycles. The molecule has 0 saturated carbocycles. The van der Waals surface area contributed by atoms with Crippen molar-refractivity contribution in [2.24, 2.45) is 0 Å². The molecule has 1 aromatic carbocycles. The number of carbonyl (C=O) groups is 2. The highest BCUT2D eigenvalue weighted by molar-refractivity contribution is 5.96. The summed E-state index contributed by atoms with van der Waals surface area (Å²) in [7, 11) is 0. The summed E-state index contributed by atoms with van der Waals surface area (Å²) in [5.41, 5.74) is 2.87. The second kappa shape index (κ2) is 11.6. The van der Waals surface area contributed by atoms with Gasteiger partial charge in [-0.25, -0.2) is 0 Å². The zero-order chi connectivity index (χ0) is 26.6. The maximum absolute atomic E-state index is 13.7. The Labute approximate surface area is 224 Å². The van der Waals surface area contributed by atoms with Crippen molar-refractivity contribution in [1.29, 1.82) is 0 Å². The van der Waals surface area contributed by atoms with Crippen molar-refractivity contribution in [3.63, 3.8) is 0 Å². The zero-order valence-corrected chi connectivity index (χ0v) is 22.2. The van der Waals surface area contributed by atoms with Gasteiger partial charge < -0.3 is 14.7 Å². The third kappa shape index (κ3) is 5.72. The van der Waals surface area contributed by atoms with Gasteiger partial charge in [0, 0.05) is 61.5 Å². The summed E-state index contributed by atoms with van der Waals surface area (Å²) < 4.78 is 0. The molecule has 3 aliphatic heterocycles. The quantitative estimate of drug-likeness (QED) is 0.429. The number of aryl methyl sites for hydroxylation is 1. The fourth-order valence-electron chi connectivity index (χ4n) is 6.22. The standard InChI is InChI=1S/C29H37N5O4/c1-21-5-10-26(29(36)33-19-13-24(14-20-33)31-15-3-2-4-16-31)27(30-21)22-11-17-32(18-12-22)28(35)23-6-8-25(9-7-23)34(37)38/h5-10,22,24H,2-4,11-20H2,1H3. The Morgan fingerprint density at radius 1 is 0.816 bits per heavy atom. The highest BCUT2D eigenvalue weighted by Crippen LogP contribution is 2.31. The number of carbonyl (C=O) groups excluding carboxylic acids is 2. The molecule has 0 N–H and O–H groups in total. The first-order valence-corrected chi connectivity index (χ1v) is 14.0. The summed E-state index contributed by atoms with van der Waals surface area (Å²) in [4.78, 5) is 48.3. The smallest absolute Gasteiger partial charge is 0.269 e. The normalized spacial score (nSPS) is 19.9. The van der Waals surface area contributed by atoms with Crippen LogP contribution in [0.2, 0.25) is 0 Å². The number of piperidine rings is 3. The molecule has 4 heterocycles. The van der Waals surface area contributed by atoms with Gasteiger partial charge in [0.1, 0.15) is 0 Å². The van der Waals surface area contributed by atoms with Gasteiger partial charge in [-0.1, -0.05) is 6.42 Å². The van der Waals surface area contributed by atoms with E-state index in [2.05, 4.69) is 4.90 Å². The lowest BCUT2D eigenvalue weighted by Gasteiger charge is -2.40. The van der Waals surface area contributed by atoms with Crippen molar-refractivity contribution in [3.05, 3.63) is 69.0 Å². The molecule has 0 spiro atoms. The Bertz CT molecular complexity index is 1160. The maximum atomic E-state index is 13.7. The molecule has 2 amide bonds. The van der Waals surface area contributed by atoms with Gasteiger partial charge in [-0.15, -0.1) is 0 Å². The van der Waals surface area contributed by atoms with Gasteiger partial charge in [-0.3, -0.25) is 24.7 Å². The van der Waals surface area contributed by atoms with Crippen LogP contribution in [0.3, 0.4) is 0 Å². The van der Waals surface area contributed by atoms with E-state index in [0.717, 1.165) is 50.2 Å². The lowest BCUT2D eigenvalue weighted by molar-refractivity contribution is -0.384. The number of aromatic nitrogens is 1. The van der Waals surface area contributed by atoms with Crippen molar-refractivity contribution >= 4 is 17.5 Å². The minimum Gasteiger partial charge on any atom is -0.339 e. The van der Waals surface area contributed by atoms with Crippen LogP contribution in [-0.4, -0.2) is 81.7 Å². The largest absolute Gasteiger partial charge is 0.339 e. The lowest BCUT2D eigenvalue weighted by Crippen LogP contribution is -2.48. The predicted octanol–water partition coefficient (Wildman–Crippen LogP) is 4.41. The van der Waals surface area contributed by atoms with Gasteiger partial charge in [0.05, 0.1) is 16.2 Å². The van der Waals surface area contributed by atoms with Crippen molar-refractivity contribution in [2.75, 3.05) is 39.3 Å². The summed E-state index contributed by atoms with van der Waals surface area (Å²) in [5.74, 6) is 0.0676. The van der Waals surface area contributed by atoms with Gasteiger partial charge in [-0.05, 0) is 82.8 Å². The Hall–Kier alpha value is -3.33. The van der Waals surface area contributed by atoms with Crippen LogP contribution in [0.4, 0.5) is 5.69 Å². The number of likely N-dealkylation sites (tertiary alicyclic amines) is 3. The number of amides is 2. The fourth-order valence-corrected chi connectivity index (χ4v) is 6.22. The Morgan fingerprint density at radius 2 is 1.42 bits per heavy atom. The summed E-state index contributed by atoms with van der Waals surface area (Å²) in [6, 6.07) is 10.2. The third-order valence-electron chi connectivity index (χ3n) is 8.45. The second-order valence-corrected chi connectivity index (χ2v) is 10.9. The first kappa shape index (κ1) is 26.3. The molecule has 0 radical (unpaired) electrons. The molecule has 1 aromatic heterocycles. The molecule has 0 atom stereocenters. The molecular weight excluding hydrogens is 482 g/mol. The van der Waals surface area contributed by atoms with Crippen LogP contribution in [0.5, 0.6) is 0 Å². The Kier molecular flexibility index (Phi) is 8.02. The van der Waals surface area contributed by atoms with Crippen LogP contribution in [0.25, 0.3) is 0 Å². The van der Waals surface area contributed by atoms with E-state index in [1.807, 2.05) is 24.0 Å². The van der Waals surface area contributed by atoms with Crippen LogP contribution in [0, 0.1) is 17.0 Å². The topological polar surface area (TPSA) is 99.9 Å². The monoisotopic (exact) mass is 519 g/mol. The van der Waals surface area contributed by atoms with E-state index < -0.39 is 4.92 Å². The van der Waals surface area contributed by atoms with Gasteiger partial charge in [-0.2, -0.15) is 0 Å². The van der Waals surface area contributed by atoms with Gasteiger partial charge in [0.25, 0.3) is 17.5 Å². The molecule has 9 heteroatoms. The van der Waals surface area contributed by atoms with E-state index in [-0.39, 0.29) is 23.4 Å². The predicted molar refractivity (Wildman–Crippen MR) is 144 cm³/mol. The number of nitro groups is 1. The summed E-state index contributed by atoms with van der Waals surface area (Å²) in [5, 5.41) is 10.9.